The third-order valence-electron chi connectivity index (χ3n) is 9.46. The second kappa shape index (κ2) is 11.2. The Morgan fingerprint density at radius 1 is 0.950 bits per heavy atom. The van der Waals surface area contributed by atoms with E-state index in [9.17, 15) is 22.8 Å². The van der Waals surface area contributed by atoms with Crippen molar-refractivity contribution in [1.82, 2.24) is 14.7 Å². The van der Waals surface area contributed by atoms with Crippen molar-refractivity contribution < 1.29 is 22.8 Å². The fourth-order valence-electron chi connectivity index (χ4n) is 6.82. The van der Waals surface area contributed by atoms with Gasteiger partial charge in [0.2, 0.25) is 11.8 Å². The average molecular weight is 556 g/mol. The SMILES string of the molecule is Cc1cccc(C)c1C(=O)N1CCC(C)(N2CCC(N(Cc3cccc(F)c3)C(=O)C3CC(F)(F)C3)CC2)CC1. The van der Waals surface area contributed by atoms with Gasteiger partial charge in [-0.2, -0.15) is 0 Å². The summed E-state index contributed by atoms with van der Waals surface area (Å²) in [5.74, 6) is -3.94. The minimum Gasteiger partial charge on any atom is -0.338 e. The van der Waals surface area contributed by atoms with Gasteiger partial charge in [0, 0.05) is 68.6 Å². The zero-order valence-electron chi connectivity index (χ0n) is 23.8. The molecule has 1 aliphatic carbocycles. The summed E-state index contributed by atoms with van der Waals surface area (Å²) in [6.45, 7) is 9.44. The van der Waals surface area contributed by atoms with Crippen molar-refractivity contribution in [2.75, 3.05) is 26.2 Å². The molecule has 2 aliphatic heterocycles. The van der Waals surface area contributed by atoms with Gasteiger partial charge in [-0.3, -0.25) is 14.5 Å². The van der Waals surface area contributed by atoms with Gasteiger partial charge in [0.05, 0.1) is 0 Å². The Balaban J connectivity index is 1.21. The fraction of sp³-hybridized carbons (Fsp3) is 0.562. The van der Waals surface area contributed by atoms with E-state index in [1.165, 1.54) is 12.1 Å². The molecule has 2 aromatic rings. The minimum atomic E-state index is -2.77. The molecule has 2 saturated heterocycles. The number of rotatable bonds is 6. The number of hydrogen-bond acceptors (Lipinski definition) is 3. The van der Waals surface area contributed by atoms with Crippen LogP contribution in [0.1, 0.15) is 72.5 Å². The van der Waals surface area contributed by atoms with E-state index in [0.29, 0.717) is 18.7 Å². The molecule has 0 atom stereocenters. The molecule has 2 amide bonds. The summed E-state index contributed by atoms with van der Waals surface area (Å²) < 4.78 is 41.1. The molecular formula is C32H40F3N3O2. The van der Waals surface area contributed by atoms with Crippen LogP contribution in [0.5, 0.6) is 0 Å². The van der Waals surface area contributed by atoms with Crippen molar-refractivity contribution in [2.24, 2.45) is 5.92 Å². The maximum atomic E-state index is 13.9. The molecule has 0 aromatic heterocycles. The van der Waals surface area contributed by atoms with Crippen LogP contribution >= 0.6 is 0 Å². The number of carbonyl (C=O) groups is 2. The third kappa shape index (κ3) is 5.92. The maximum absolute atomic E-state index is 13.9. The van der Waals surface area contributed by atoms with Gasteiger partial charge in [-0.1, -0.05) is 30.3 Å². The lowest BCUT2D eigenvalue weighted by molar-refractivity contribution is -0.163. The molecule has 0 bridgehead atoms. The maximum Gasteiger partial charge on any atom is 0.254 e. The molecule has 8 heteroatoms. The van der Waals surface area contributed by atoms with Gasteiger partial charge < -0.3 is 9.80 Å². The van der Waals surface area contributed by atoms with Crippen LogP contribution in [-0.2, 0) is 11.3 Å². The highest BCUT2D eigenvalue weighted by atomic mass is 19.3. The van der Waals surface area contributed by atoms with E-state index in [1.807, 2.05) is 36.9 Å². The highest BCUT2D eigenvalue weighted by Crippen LogP contribution is 2.44. The topological polar surface area (TPSA) is 43.9 Å². The van der Waals surface area contributed by atoms with Gasteiger partial charge in [-0.05, 0) is 75.3 Å². The Bertz CT molecular complexity index is 1220. The van der Waals surface area contributed by atoms with Gasteiger partial charge in [0.15, 0.2) is 0 Å². The predicted molar refractivity (Wildman–Crippen MR) is 149 cm³/mol. The standard InChI is InChI=1S/C32H40F3N3O2/c1-22-6-4-7-23(2)28(22)30(40)36-16-12-31(3,13-17-36)37-14-10-27(11-15-37)38(21-24-8-5-9-26(33)18-24)29(39)25-19-32(34,35)20-25/h4-9,18,25,27H,10-17,19-21H2,1-3H3. The van der Waals surface area contributed by atoms with Crippen LogP contribution in [-0.4, -0.2) is 70.2 Å². The highest BCUT2D eigenvalue weighted by Gasteiger charge is 2.50. The number of halogens is 3. The average Bonchev–Trinajstić information content (AvgIpc) is 2.90. The first-order valence-electron chi connectivity index (χ1n) is 14.5. The van der Waals surface area contributed by atoms with E-state index < -0.39 is 24.7 Å². The number of amides is 2. The molecule has 5 nitrogen and oxygen atoms in total. The lowest BCUT2D eigenvalue weighted by atomic mass is 9.79. The van der Waals surface area contributed by atoms with Crippen molar-refractivity contribution in [3.8, 4) is 0 Å². The molecule has 1 saturated carbocycles. The van der Waals surface area contributed by atoms with Gasteiger partial charge in [-0.25, -0.2) is 13.2 Å². The number of carbonyl (C=O) groups excluding carboxylic acids is 2. The number of alkyl halides is 2. The molecular weight excluding hydrogens is 515 g/mol. The number of likely N-dealkylation sites (tertiary alicyclic amines) is 2. The number of benzene rings is 2. The molecule has 0 radical (unpaired) electrons. The molecule has 2 heterocycles. The quantitative estimate of drug-likeness (QED) is 0.441. The molecule has 3 fully saturated rings. The van der Waals surface area contributed by atoms with Crippen LogP contribution in [0.4, 0.5) is 13.2 Å². The van der Waals surface area contributed by atoms with E-state index in [4.69, 9.17) is 0 Å². The summed E-state index contributed by atoms with van der Waals surface area (Å²) in [5, 5.41) is 0. The first-order valence-corrected chi connectivity index (χ1v) is 14.5. The van der Waals surface area contributed by atoms with E-state index in [2.05, 4.69) is 11.8 Å². The molecule has 5 rings (SSSR count). The smallest absolute Gasteiger partial charge is 0.254 e. The van der Waals surface area contributed by atoms with E-state index in [-0.39, 0.29) is 35.8 Å². The van der Waals surface area contributed by atoms with Crippen molar-refractivity contribution in [2.45, 2.75) is 83.3 Å². The van der Waals surface area contributed by atoms with Crippen LogP contribution < -0.4 is 0 Å². The summed E-state index contributed by atoms with van der Waals surface area (Å²) in [4.78, 5) is 32.9. The zero-order chi connectivity index (χ0) is 28.7. The number of aryl methyl sites for hydroxylation is 2. The molecule has 216 valence electrons. The Morgan fingerprint density at radius 3 is 2.12 bits per heavy atom. The van der Waals surface area contributed by atoms with E-state index >= 15 is 0 Å². The Kier molecular flexibility index (Phi) is 8.01. The molecule has 2 aromatic carbocycles. The van der Waals surface area contributed by atoms with E-state index in [0.717, 1.165) is 55.5 Å². The summed E-state index contributed by atoms with van der Waals surface area (Å²) >= 11 is 0. The number of hydrogen-bond donors (Lipinski definition) is 0. The first kappa shape index (κ1) is 28.7. The van der Waals surface area contributed by atoms with Crippen LogP contribution in [0, 0.1) is 25.6 Å². The van der Waals surface area contributed by atoms with Crippen molar-refractivity contribution in [3.63, 3.8) is 0 Å². The molecule has 3 aliphatic rings. The molecule has 0 unspecified atom stereocenters. The lowest BCUT2D eigenvalue weighted by Gasteiger charge is -2.50. The predicted octanol–water partition coefficient (Wildman–Crippen LogP) is 5.98. The van der Waals surface area contributed by atoms with Crippen LogP contribution in [0.3, 0.4) is 0 Å². The summed E-state index contributed by atoms with van der Waals surface area (Å²) in [6, 6.07) is 12.0. The van der Waals surface area contributed by atoms with Crippen LogP contribution in [0.25, 0.3) is 0 Å². The third-order valence-corrected chi connectivity index (χ3v) is 9.46. The molecule has 0 N–H and O–H groups in total. The Labute approximate surface area is 235 Å². The van der Waals surface area contributed by atoms with Crippen LogP contribution in [0.2, 0.25) is 0 Å². The Hall–Kier alpha value is -2.87. The van der Waals surface area contributed by atoms with Gasteiger partial charge in [0.1, 0.15) is 5.82 Å². The van der Waals surface area contributed by atoms with Crippen molar-refractivity contribution >= 4 is 11.8 Å². The zero-order valence-corrected chi connectivity index (χ0v) is 23.8. The van der Waals surface area contributed by atoms with Crippen LogP contribution in [0.15, 0.2) is 42.5 Å². The Morgan fingerprint density at radius 2 is 1.55 bits per heavy atom. The normalized spacial score (nSPS) is 21.6. The minimum absolute atomic E-state index is 0.0457. The molecule has 40 heavy (non-hydrogen) atoms. The first-order chi connectivity index (χ1) is 19.0. The fourth-order valence-corrected chi connectivity index (χ4v) is 6.82. The second-order valence-electron chi connectivity index (χ2n) is 12.3. The monoisotopic (exact) mass is 555 g/mol. The van der Waals surface area contributed by atoms with Gasteiger partial charge in [0.25, 0.3) is 5.91 Å². The second-order valence-corrected chi connectivity index (χ2v) is 12.3. The molecule has 0 spiro atoms. The van der Waals surface area contributed by atoms with Gasteiger partial charge >= 0.3 is 0 Å². The largest absolute Gasteiger partial charge is 0.338 e. The van der Waals surface area contributed by atoms with Crippen molar-refractivity contribution in [3.05, 3.63) is 70.5 Å². The number of piperidine rings is 2. The number of nitrogens with zero attached hydrogens (tertiary/aromatic N) is 3. The van der Waals surface area contributed by atoms with Crippen molar-refractivity contribution in [1.29, 1.82) is 0 Å². The summed E-state index contributed by atoms with van der Waals surface area (Å²) in [7, 11) is 0. The summed E-state index contributed by atoms with van der Waals surface area (Å²) in [5.41, 5.74) is 3.44. The van der Waals surface area contributed by atoms with Gasteiger partial charge in [-0.15, -0.1) is 0 Å². The summed E-state index contributed by atoms with van der Waals surface area (Å²) in [6.07, 6.45) is 2.42. The van der Waals surface area contributed by atoms with E-state index in [1.54, 1.807) is 17.0 Å². The lowest BCUT2D eigenvalue weighted by Crippen LogP contribution is -2.59. The highest BCUT2D eigenvalue weighted by molar-refractivity contribution is 5.97.